The molecule has 3 aromatic heterocycles. The van der Waals surface area contributed by atoms with Crippen LogP contribution in [0.4, 0.5) is 0 Å². The summed E-state index contributed by atoms with van der Waals surface area (Å²) < 4.78 is 11.2. The lowest BCUT2D eigenvalue weighted by atomic mass is 9.89. The molecule has 0 bridgehead atoms. The van der Waals surface area contributed by atoms with Gasteiger partial charge in [0.1, 0.15) is 17.3 Å². The van der Waals surface area contributed by atoms with E-state index in [0.29, 0.717) is 5.92 Å². The Morgan fingerprint density at radius 1 is 0.673 bits per heavy atom. The minimum absolute atomic E-state index is 0.318. The van der Waals surface area contributed by atoms with Gasteiger partial charge in [-0.25, -0.2) is 9.67 Å². The zero-order chi connectivity index (χ0) is 34.2. The van der Waals surface area contributed by atoms with E-state index in [0.717, 1.165) is 65.4 Å². The van der Waals surface area contributed by atoms with Gasteiger partial charge in [-0.2, -0.15) is 5.10 Å². The lowest BCUT2D eigenvalue weighted by molar-refractivity contribution is 0.481. The highest BCUT2D eigenvalue weighted by Crippen LogP contribution is 2.39. The maximum atomic E-state index is 6.77. The summed E-state index contributed by atoms with van der Waals surface area (Å²) in [6.07, 6.45) is 5.60. The first-order chi connectivity index (χ1) is 23.8. The van der Waals surface area contributed by atoms with Crippen LogP contribution >= 0.6 is 0 Å². The second-order valence-corrected chi connectivity index (χ2v) is 13.3. The lowest BCUT2D eigenvalue weighted by Gasteiger charge is -2.17. The van der Waals surface area contributed by atoms with Gasteiger partial charge in [-0.3, -0.25) is 4.57 Å². The fourth-order valence-corrected chi connectivity index (χ4v) is 7.30. The molecule has 3 heterocycles. The van der Waals surface area contributed by atoms with Gasteiger partial charge in [-0.05, 0) is 109 Å². The maximum Gasteiger partial charge on any atom is 0.137 e. The van der Waals surface area contributed by atoms with E-state index in [-0.39, 0.29) is 0 Å². The minimum Gasteiger partial charge on any atom is -0.457 e. The first-order valence-corrected chi connectivity index (χ1v) is 17.9. The maximum absolute atomic E-state index is 6.77. The van der Waals surface area contributed by atoms with Crippen molar-refractivity contribution in [1.29, 1.82) is 0 Å². The number of fused-ring (bicyclic) bond motifs is 3. The van der Waals surface area contributed by atoms with Crippen molar-refractivity contribution in [3.8, 4) is 34.1 Å². The van der Waals surface area contributed by atoms with Gasteiger partial charge in [0.25, 0.3) is 0 Å². The molecule has 0 fully saturated rings. The summed E-state index contributed by atoms with van der Waals surface area (Å²) in [5, 5.41) is 7.68. The van der Waals surface area contributed by atoms with Crippen LogP contribution < -0.4 is 4.74 Å². The van der Waals surface area contributed by atoms with Gasteiger partial charge in [0.05, 0.1) is 28.1 Å². The van der Waals surface area contributed by atoms with Crippen molar-refractivity contribution in [3.63, 3.8) is 0 Å². The number of nitrogens with zero attached hydrogens (tertiary/aromatic N) is 4. The quantitative estimate of drug-likeness (QED) is 0.149. The van der Waals surface area contributed by atoms with Crippen molar-refractivity contribution in [2.75, 3.05) is 0 Å². The SMILES string of the molecule is CCc1cccc(CC)c1-c1c(CC)nn(-c2cc(Oc3ccc4c5ccccc5n(-c5cc(C)ccn5)c4c3)cc(C(C)C)c2)c1CC. The van der Waals surface area contributed by atoms with Crippen molar-refractivity contribution in [3.05, 3.63) is 131 Å². The molecule has 7 rings (SSSR count). The third-order valence-corrected chi connectivity index (χ3v) is 9.81. The average Bonchev–Trinajstić information content (AvgIpc) is 3.66. The van der Waals surface area contributed by atoms with Crippen LogP contribution in [-0.4, -0.2) is 19.3 Å². The topological polar surface area (TPSA) is 44.9 Å². The largest absolute Gasteiger partial charge is 0.457 e. The van der Waals surface area contributed by atoms with Crippen LogP contribution in [0.2, 0.25) is 0 Å². The van der Waals surface area contributed by atoms with Crippen molar-refractivity contribution < 1.29 is 4.74 Å². The van der Waals surface area contributed by atoms with E-state index >= 15 is 0 Å². The van der Waals surface area contributed by atoms with E-state index in [4.69, 9.17) is 14.8 Å². The van der Waals surface area contributed by atoms with E-state index in [1.54, 1.807) is 0 Å². The van der Waals surface area contributed by atoms with Gasteiger partial charge in [-0.15, -0.1) is 0 Å². The van der Waals surface area contributed by atoms with E-state index in [9.17, 15) is 0 Å². The molecule has 0 atom stereocenters. The summed E-state index contributed by atoms with van der Waals surface area (Å²) in [6, 6.07) is 32.5. The molecule has 49 heavy (non-hydrogen) atoms. The molecule has 0 saturated heterocycles. The number of ether oxygens (including phenoxy) is 1. The average molecular weight is 647 g/mol. The van der Waals surface area contributed by atoms with Gasteiger partial charge in [0.15, 0.2) is 0 Å². The van der Waals surface area contributed by atoms with Gasteiger partial charge < -0.3 is 4.74 Å². The molecule has 4 aromatic carbocycles. The summed E-state index contributed by atoms with van der Waals surface area (Å²) in [7, 11) is 0. The Balaban J connectivity index is 1.37. The number of hydrogen-bond donors (Lipinski definition) is 0. The Kier molecular flexibility index (Phi) is 8.85. The molecule has 248 valence electrons. The fourth-order valence-electron chi connectivity index (χ4n) is 7.30. The molecule has 0 aliphatic rings. The highest BCUT2D eigenvalue weighted by molar-refractivity contribution is 6.09. The standard InChI is InChI=1S/C44H46N4O/c1-8-30-15-14-16-31(9-2)43(30)44-38(10-3)46-48(39(44)11-4)33-24-32(28(5)6)25-35(26-33)49-34-19-20-37-36-17-12-13-18-40(36)47(41(37)27-34)42-23-29(7)21-22-45-42/h12-28H,8-11H2,1-7H3. The second kappa shape index (κ2) is 13.4. The Hall–Kier alpha value is -5.16. The number of rotatable bonds is 10. The summed E-state index contributed by atoms with van der Waals surface area (Å²) >= 11 is 0. The van der Waals surface area contributed by atoms with E-state index < -0.39 is 0 Å². The van der Waals surface area contributed by atoms with Gasteiger partial charge in [0.2, 0.25) is 0 Å². The first-order valence-electron chi connectivity index (χ1n) is 17.9. The summed E-state index contributed by atoms with van der Waals surface area (Å²) in [5.41, 5.74) is 13.5. The van der Waals surface area contributed by atoms with Gasteiger partial charge in [-0.1, -0.05) is 77.9 Å². The van der Waals surface area contributed by atoms with E-state index in [1.165, 1.54) is 49.8 Å². The molecule has 5 heteroatoms. The van der Waals surface area contributed by atoms with Crippen LogP contribution in [0.5, 0.6) is 11.5 Å². The number of para-hydroxylation sites is 1. The van der Waals surface area contributed by atoms with Crippen LogP contribution in [0.3, 0.4) is 0 Å². The molecular formula is C44H46N4O. The molecule has 0 aliphatic carbocycles. The van der Waals surface area contributed by atoms with Crippen molar-refractivity contribution in [1.82, 2.24) is 19.3 Å². The smallest absolute Gasteiger partial charge is 0.137 e. The van der Waals surface area contributed by atoms with E-state index in [1.807, 2.05) is 12.3 Å². The predicted octanol–water partition coefficient (Wildman–Crippen LogP) is 11.5. The first kappa shape index (κ1) is 32.4. The summed E-state index contributed by atoms with van der Waals surface area (Å²) in [4.78, 5) is 4.76. The Morgan fingerprint density at radius 2 is 1.43 bits per heavy atom. The predicted molar refractivity (Wildman–Crippen MR) is 204 cm³/mol. The summed E-state index contributed by atoms with van der Waals surface area (Å²) in [5.74, 6) is 2.80. The molecule has 0 radical (unpaired) electrons. The molecule has 0 amide bonds. The lowest BCUT2D eigenvalue weighted by Crippen LogP contribution is -2.05. The molecule has 0 spiro atoms. The van der Waals surface area contributed by atoms with Crippen molar-refractivity contribution in [2.24, 2.45) is 0 Å². The Labute approximate surface area is 290 Å². The molecular weight excluding hydrogens is 601 g/mol. The number of aromatic nitrogens is 4. The fraction of sp³-hybridized carbons (Fsp3) is 0.273. The highest BCUT2D eigenvalue weighted by Gasteiger charge is 2.23. The molecule has 5 nitrogen and oxygen atoms in total. The third kappa shape index (κ3) is 5.82. The zero-order valence-electron chi connectivity index (χ0n) is 29.8. The highest BCUT2D eigenvalue weighted by atomic mass is 16.5. The monoisotopic (exact) mass is 646 g/mol. The van der Waals surface area contributed by atoms with Crippen LogP contribution in [0.25, 0.3) is 44.4 Å². The number of benzene rings is 4. The van der Waals surface area contributed by atoms with Gasteiger partial charge >= 0.3 is 0 Å². The normalized spacial score (nSPS) is 11.7. The van der Waals surface area contributed by atoms with Crippen LogP contribution in [-0.2, 0) is 25.7 Å². The number of aryl methyl sites for hydroxylation is 4. The Morgan fingerprint density at radius 3 is 2.12 bits per heavy atom. The van der Waals surface area contributed by atoms with E-state index in [2.05, 4.69) is 143 Å². The van der Waals surface area contributed by atoms with Crippen LogP contribution in [0, 0.1) is 6.92 Å². The number of pyridine rings is 1. The molecule has 7 aromatic rings. The third-order valence-electron chi connectivity index (χ3n) is 9.81. The Bertz CT molecular complexity index is 2280. The van der Waals surface area contributed by atoms with Crippen LogP contribution in [0.15, 0.2) is 97.2 Å². The molecule has 0 N–H and O–H groups in total. The van der Waals surface area contributed by atoms with Crippen molar-refractivity contribution >= 4 is 21.8 Å². The van der Waals surface area contributed by atoms with Crippen LogP contribution in [0.1, 0.15) is 81.1 Å². The zero-order valence-corrected chi connectivity index (χ0v) is 29.8. The van der Waals surface area contributed by atoms with Gasteiger partial charge in [0, 0.05) is 34.7 Å². The van der Waals surface area contributed by atoms with Crippen molar-refractivity contribution in [2.45, 2.75) is 80.1 Å². The molecule has 0 saturated carbocycles. The molecule has 0 aliphatic heterocycles. The molecule has 0 unspecified atom stereocenters. The minimum atomic E-state index is 0.318. The second-order valence-electron chi connectivity index (χ2n) is 13.3. The number of hydrogen-bond acceptors (Lipinski definition) is 3. The summed E-state index contributed by atoms with van der Waals surface area (Å²) in [6.45, 7) is 15.6.